The minimum absolute atomic E-state index is 0.0347. The molecule has 13 nitrogen and oxygen atoms in total. The maximum atomic E-state index is 14.1. The van der Waals surface area contributed by atoms with E-state index in [1.54, 1.807) is 11.9 Å². The van der Waals surface area contributed by atoms with Gasteiger partial charge in [-0.2, -0.15) is 0 Å². The Morgan fingerprint density at radius 1 is 0.894 bits per heavy atom. The summed E-state index contributed by atoms with van der Waals surface area (Å²) in [7, 11) is 4.25. The summed E-state index contributed by atoms with van der Waals surface area (Å²) < 4.78 is 5.64. The number of nitrogens with zero attached hydrogens (tertiary/aromatic N) is 4. The first-order valence-corrected chi connectivity index (χ1v) is 16.7. The molecule has 3 unspecified atom stereocenters. The quantitative estimate of drug-likeness (QED) is 0.129. The smallest absolute Gasteiger partial charge is 0.326 e. The zero-order chi connectivity index (χ0) is 35.3. The molecule has 1 aliphatic heterocycles. The molecule has 13 heteroatoms. The van der Waals surface area contributed by atoms with Crippen molar-refractivity contribution < 1.29 is 28.7 Å². The van der Waals surface area contributed by atoms with Crippen molar-refractivity contribution in [2.75, 3.05) is 47.4 Å². The van der Waals surface area contributed by atoms with Crippen LogP contribution in [0.1, 0.15) is 65.4 Å². The van der Waals surface area contributed by atoms with Gasteiger partial charge in [0.1, 0.15) is 12.1 Å². The predicted molar refractivity (Wildman–Crippen MR) is 181 cm³/mol. The summed E-state index contributed by atoms with van der Waals surface area (Å²) in [6.45, 7) is 9.56. The zero-order valence-corrected chi connectivity index (χ0v) is 29.3. The third kappa shape index (κ3) is 12.2. The van der Waals surface area contributed by atoms with Crippen molar-refractivity contribution in [3.05, 3.63) is 35.9 Å². The molecule has 1 aliphatic rings. The van der Waals surface area contributed by atoms with E-state index in [9.17, 15) is 24.0 Å². The number of nitrogens with one attached hydrogen (secondary N) is 1. The third-order valence-electron chi connectivity index (χ3n) is 8.47. The number of carbonyl (C=O) groups is 5. The summed E-state index contributed by atoms with van der Waals surface area (Å²) in [4.78, 5) is 72.6. The Balaban J connectivity index is 2.33. The SMILES string of the molecule is CC(C)CCOCC(N)C(=O)N(C)C(CC(C)C)N[C@H](C(=O)N1CCCCC1)C(=O)N(C)C(=O)N(C)C(Cc1ccccc1)C(N)=O. The first kappa shape index (κ1) is 39.6. The fourth-order valence-electron chi connectivity index (χ4n) is 5.46. The van der Waals surface area contributed by atoms with Gasteiger partial charge in [-0.05, 0) is 49.5 Å². The van der Waals surface area contributed by atoms with Crippen molar-refractivity contribution >= 4 is 29.7 Å². The van der Waals surface area contributed by atoms with Crippen molar-refractivity contribution in [3.8, 4) is 0 Å². The van der Waals surface area contributed by atoms with E-state index in [-0.39, 0.29) is 18.9 Å². The monoisotopic (exact) mass is 659 g/mol. The van der Waals surface area contributed by atoms with Crippen LogP contribution in [0.3, 0.4) is 0 Å². The lowest BCUT2D eigenvalue weighted by Crippen LogP contribution is -2.64. The number of piperidine rings is 1. The first-order valence-electron chi connectivity index (χ1n) is 16.7. The molecule has 0 radical (unpaired) electrons. The molecule has 0 aromatic heterocycles. The van der Waals surface area contributed by atoms with Crippen LogP contribution in [0.15, 0.2) is 30.3 Å². The second-order valence-electron chi connectivity index (χ2n) is 13.3. The standard InChI is InChI=1S/C34H57N7O6/c1-23(2)16-19-47-22-26(35)31(43)39(6)28(20-24(3)4)37-29(33(45)41-17-12-9-13-18-41)32(44)40(7)34(46)38(5)27(30(36)42)21-25-14-10-8-11-15-25/h8,10-11,14-15,23-24,26-29,37H,9,12-13,16-22,35H2,1-7H3,(H2,36,42)/t26?,27?,28?,29-/m0/s1. The molecule has 1 saturated heterocycles. The molecule has 2 rings (SSSR count). The molecule has 1 aromatic carbocycles. The Hall–Kier alpha value is -3.55. The molecule has 264 valence electrons. The van der Waals surface area contributed by atoms with Gasteiger partial charge >= 0.3 is 6.03 Å². The van der Waals surface area contributed by atoms with Crippen molar-refractivity contribution in [3.63, 3.8) is 0 Å². The van der Waals surface area contributed by atoms with Crippen LogP contribution in [0, 0.1) is 11.8 Å². The summed E-state index contributed by atoms with van der Waals surface area (Å²) in [6.07, 6.45) is 3.19. The van der Waals surface area contributed by atoms with E-state index in [0.29, 0.717) is 32.0 Å². The predicted octanol–water partition coefficient (Wildman–Crippen LogP) is 1.78. The maximum Gasteiger partial charge on any atom is 0.326 e. The molecule has 47 heavy (non-hydrogen) atoms. The Labute approximate surface area is 280 Å². The largest absolute Gasteiger partial charge is 0.379 e. The molecule has 0 aliphatic carbocycles. The number of carbonyl (C=O) groups excluding carboxylic acids is 5. The second-order valence-corrected chi connectivity index (χ2v) is 13.3. The van der Waals surface area contributed by atoms with Crippen LogP contribution in [-0.4, -0.2) is 121 Å². The molecule has 0 saturated carbocycles. The highest BCUT2D eigenvalue weighted by Gasteiger charge is 2.40. The highest BCUT2D eigenvalue weighted by molar-refractivity contribution is 6.09. The molecule has 1 fully saturated rings. The van der Waals surface area contributed by atoms with E-state index in [2.05, 4.69) is 19.2 Å². The number of likely N-dealkylation sites (N-methyl/N-ethyl adjacent to an activating group) is 3. The van der Waals surface area contributed by atoms with Gasteiger partial charge in [-0.3, -0.25) is 29.4 Å². The number of hydrogen-bond donors (Lipinski definition) is 3. The highest BCUT2D eigenvalue weighted by atomic mass is 16.5. The first-order chi connectivity index (χ1) is 22.1. The van der Waals surface area contributed by atoms with Crippen LogP contribution in [0.4, 0.5) is 4.79 Å². The van der Waals surface area contributed by atoms with Crippen LogP contribution < -0.4 is 16.8 Å². The summed E-state index contributed by atoms with van der Waals surface area (Å²) in [5.74, 6) is -1.90. The Morgan fingerprint density at radius 2 is 1.51 bits per heavy atom. The maximum absolute atomic E-state index is 14.1. The van der Waals surface area contributed by atoms with Gasteiger partial charge in [0.2, 0.25) is 17.7 Å². The summed E-state index contributed by atoms with van der Waals surface area (Å²) in [5.41, 5.74) is 12.7. The molecule has 1 aromatic rings. The van der Waals surface area contributed by atoms with E-state index >= 15 is 0 Å². The number of hydrogen-bond acceptors (Lipinski definition) is 8. The van der Waals surface area contributed by atoms with Crippen LogP contribution in [0.25, 0.3) is 0 Å². The van der Waals surface area contributed by atoms with Crippen LogP contribution >= 0.6 is 0 Å². The number of primary amides is 1. The van der Waals surface area contributed by atoms with Crippen molar-refractivity contribution in [1.82, 2.24) is 24.9 Å². The van der Waals surface area contributed by atoms with Crippen molar-refractivity contribution in [2.24, 2.45) is 23.3 Å². The molecule has 6 amide bonds. The fraction of sp³-hybridized carbons (Fsp3) is 0.676. The molecular formula is C34H57N7O6. The normalized spacial score (nSPS) is 15.9. The van der Waals surface area contributed by atoms with Crippen LogP contribution in [0.2, 0.25) is 0 Å². The van der Waals surface area contributed by atoms with E-state index in [1.165, 1.54) is 19.0 Å². The number of nitrogens with two attached hydrogens (primary N) is 2. The molecule has 5 N–H and O–H groups in total. The number of rotatable bonds is 17. The van der Waals surface area contributed by atoms with Gasteiger partial charge in [-0.1, -0.05) is 58.0 Å². The van der Waals surface area contributed by atoms with Crippen molar-refractivity contribution in [2.45, 2.75) is 90.5 Å². The topological polar surface area (TPSA) is 172 Å². The Bertz CT molecular complexity index is 1170. The third-order valence-corrected chi connectivity index (χ3v) is 8.47. The van der Waals surface area contributed by atoms with Gasteiger partial charge in [0, 0.05) is 47.3 Å². The van der Waals surface area contributed by atoms with Gasteiger partial charge in [-0.15, -0.1) is 0 Å². The lowest BCUT2D eigenvalue weighted by atomic mass is 10.0. The van der Waals surface area contributed by atoms with Crippen LogP contribution in [0.5, 0.6) is 0 Å². The van der Waals surface area contributed by atoms with Gasteiger partial charge in [0.15, 0.2) is 6.04 Å². The van der Waals surface area contributed by atoms with E-state index in [4.69, 9.17) is 16.2 Å². The molecule has 4 atom stereocenters. The molecular weight excluding hydrogens is 602 g/mol. The number of imide groups is 1. The van der Waals surface area contributed by atoms with Gasteiger partial charge in [0.25, 0.3) is 5.91 Å². The Kier molecular flexibility index (Phi) is 16.3. The minimum Gasteiger partial charge on any atom is -0.379 e. The molecule has 0 bridgehead atoms. The summed E-state index contributed by atoms with van der Waals surface area (Å²) in [6, 6.07) is 4.85. The highest BCUT2D eigenvalue weighted by Crippen LogP contribution is 2.17. The lowest BCUT2D eigenvalue weighted by Gasteiger charge is -2.38. The average molecular weight is 660 g/mol. The number of ether oxygens (including phenoxy) is 1. The lowest BCUT2D eigenvalue weighted by molar-refractivity contribution is -0.146. The molecule has 0 spiro atoms. The van der Waals surface area contributed by atoms with Gasteiger partial charge in [-0.25, -0.2) is 4.79 Å². The van der Waals surface area contributed by atoms with E-state index in [1.807, 2.05) is 44.2 Å². The fourth-order valence-corrected chi connectivity index (χ4v) is 5.46. The summed E-state index contributed by atoms with van der Waals surface area (Å²) in [5, 5.41) is 3.13. The minimum atomic E-state index is -1.48. The van der Waals surface area contributed by atoms with Gasteiger partial charge < -0.3 is 30.9 Å². The number of benzene rings is 1. The second kappa shape index (κ2) is 19.3. The number of likely N-dealkylation sites (tertiary alicyclic amines) is 1. The van der Waals surface area contributed by atoms with Crippen molar-refractivity contribution in [1.29, 1.82) is 0 Å². The Morgan fingerprint density at radius 3 is 2.06 bits per heavy atom. The van der Waals surface area contributed by atoms with E-state index in [0.717, 1.165) is 41.0 Å². The van der Waals surface area contributed by atoms with Crippen LogP contribution in [-0.2, 0) is 30.3 Å². The zero-order valence-electron chi connectivity index (χ0n) is 29.3. The summed E-state index contributed by atoms with van der Waals surface area (Å²) >= 11 is 0. The molecule has 1 heterocycles. The average Bonchev–Trinajstić information content (AvgIpc) is 3.05. The van der Waals surface area contributed by atoms with E-state index < -0.39 is 54.0 Å². The number of amides is 6. The van der Waals surface area contributed by atoms with Gasteiger partial charge in [0.05, 0.1) is 12.8 Å². The number of urea groups is 1.